The molecule has 1 aromatic heterocycles. The van der Waals surface area contributed by atoms with E-state index in [0.717, 1.165) is 4.68 Å². The minimum absolute atomic E-state index is 0.0190. The summed E-state index contributed by atoms with van der Waals surface area (Å²) in [5.41, 5.74) is -0.332. The van der Waals surface area contributed by atoms with Crippen molar-refractivity contribution < 1.29 is 14.3 Å². The monoisotopic (exact) mass is 417 g/mol. The number of nitrogens with zero attached hydrogens (tertiary/aromatic N) is 1. The van der Waals surface area contributed by atoms with Crippen LogP contribution in [0.4, 0.5) is 5.69 Å². The Kier molecular flexibility index (Phi) is 6.69. The lowest BCUT2D eigenvalue weighted by Gasteiger charge is -2.14. The number of ether oxygens (including phenoxy) is 2. The summed E-state index contributed by atoms with van der Waals surface area (Å²) in [4.78, 5) is 37.0. The number of fused-ring (bicyclic) bond motifs is 1. The second-order valence-electron chi connectivity index (χ2n) is 6.20. The van der Waals surface area contributed by atoms with Gasteiger partial charge in [0, 0.05) is 13.5 Å². The summed E-state index contributed by atoms with van der Waals surface area (Å²) in [7, 11) is 1.55. The van der Waals surface area contributed by atoms with E-state index < -0.39 is 0 Å². The SMILES string of the molecule is COCCOc1c(Cl)cccc1NC(=O)CCn1[nH]c(=O)c2ccccc2c1=O. The molecule has 0 aliphatic rings. The number of H-pyrrole nitrogens is 1. The summed E-state index contributed by atoms with van der Waals surface area (Å²) < 4.78 is 11.7. The van der Waals surface area contributed by atoms with Gasteiger partial charge in [-0.25, -0.2) is 4.68 Å². The summed E-state index contributed by atoms with van der Waals surface area (Å²) in [6.45, 7) is 0.666. The van der Waals surface area contributed by atoms with Crippen LogP contribution in [0.1, 0.15) is 6.42 Å². The van der Waals surface area contributed by atoms with Crippen LogP contribution in [0.5, 0.6) is 5.75 Å². The van der Waals surface area contributed by atoms with Crippen molar-refractivity contribution in [2.75, 3.05) is 25.6 Å². The van der Waals surface area contributed by atoms with E-state index in [0.29, 0.717) is 33.8 Å². The first-order chi connectivity index (χ1) is 14.0. The van der Waals surface area contributed by atoms with Crippen LogP contribution in [0.25, 0.3) is 10.8 Å². The zero-order chi connectivity index (χ0) is 20.8. The Labute approximate surface area is 171 Å². The van der Waals surface area contributed by atoms with Gasteiger partial charge in [-0.05, 0) is 24.3 Å². The van der Waals surface area contributed by atoms with E-state index in [1.165, 1.54) is 0 Å². The van der Waals surface area contributed by atoms with E-state index in [-0.39, 0.29) is 36.6 Å². The van der Waals surface area contributed by atoms with E-state index in [4.69, 9.17) is 21.1 Å². The van der Waals surface area contributed by atoms with Crippen LogP contribution in [0.2, 0.25) is 5.02 Å². The molecular formula is C20H20ClN3O5. The topological polar surface area (TPSA) is 102 Å². The molecule has 1 heterocycles. The lowest BCUT2D eigenvalue weighted by atomic mass is 10.2. The van der Waals surface area contributed by atoms with E-state index in [9.17, 15) is 14.4 Å². The minimum Gasteiger partial charge on any atom is -0.487 e. The maximum Gasteiger partial charge on any atom is 0.273 e. The van der Waals surface area contributed by atoms with Crippen molar-refractivity contribution in [3.8, 4) is 5.75 Å². The quantitative estimate of drug-likeness (QED) is 0.548. The van der Waals surface area contributed by atoms with Gasteiger partial charge in [0.2, 0.25) is 5.91 Å². The number of carbonyl (C=O) groups is 1. The number of methoxy groups -OCH3 is 1. The highest BCUT2D eigenvalue weighted by Gasteiger charge is 2.13. The number of halogens is 1. The minimum atomic E-state index is -0.385. The fourth-order valence-corrected chi connectivity index (χ4v) is 3.04. The maximum atomic E-state index is 12.5. The van der Waals surface area contributed by atoms with Gasteiger partial charge in [0.1, 0.15) is 6.61 Å². The second kappa shape index (κ2) is 9.40. The molecule has 2 aromatic carbocycles. The molecule has 0 saturated heterocycles. The molecule has 0 fully saturated rings. The molecule has 3 rings (SSSR count). The maximum absolute atomic E-state index is 12.5. The van der Waals surface area contributed by atoms with Crippen LogP contribution < -0.4 is 21.2 Å². The highest BCUT2D eigenvalue weighted by molar-refractivity contribution is 6.32. The summed E-state index contributed by atoms with van der Waals surface area (Å²) in [6.07, 6.45) is -0.0296. The lowest BCUT2D eigenvalue weighted by molar-refractivity contribution is -0.116. The average molecular weight is 418 g/mol. The van der Waals surface area contributed by atoms with Gasteiger partial charge in [0.05, 0.1) is 34.6 Å². The van der Waals surface area contributed by atoms with E-state index in [1.54, 1.807) is 49.6 Å². The van der Waals surface area contributed by atoms with Crippen LogP contribution >= 0.6 is 11.6 Å². The van der Waals surface area contributed by atoms with Crippen LogP contribution in [-0.4, -0.2) is 36.0 Å². The molecule has 2 N–H and O–H groups in total. The molecule has 152 valence electrons. The molecular weight excluding hydrogens is 398 g/mol. The number of hydrogen-bond donors (Lipinski definition) is 2. The number of hydrogen-bond acceptors (Lipinski definition) is 5. The zero-order valence-corrected chi connectivity index (χ0v) is 16.5. The number of nitrogens with one attached hydrogen (secondary N) is 2. The fourth-order valence-electron chi connectivity index (χ4n) is 2.81. The zero-order valence-electron chi connectivity index (χ0n) is 15.7. The molecule has 1 amide bonds. The number of benzene rings is 2. The van der Waals surface area contributed by atoms with Gasteiger partial charge >= 0.3 is 0 Å². The summed E-state index contributed by atoms with van der Waals surface area (Å²) in [5, 5.41) is 6.20. The van der Waals surface area contributed by atoms with Crippen LogP contribution in [0, 0.1) is 0 Å². The fraction of sp³-hybridized carbons (Fsp3) is 0.250. The van der Waals surface area contributed by atoms with Gasteiger partial charge in [-0.1, -0.05) is 29.8 Å². The Bertz CT molecular complexity index is 1140. The van der Waals surface area contributed by atoms with Crippen molar-refractivity contribution in [2.45, 2.75) is 13.0 Å². The Hall–Kier alpha value is -3.10. The average Bonchev–Trinajstić information content (AvgIpc) is 2.72. The number of aryl methyl sites for hydroxylation is 1. The molecule has 0 aliphatic carbocycles. The van der Waals surface area contributed by atoms with Crippen LogP contribution in [0.3, 0.4) is 0 Å². The normalized spacial score (nSPS) is 10.8. The Balaban J connectivity index is 1.72. The van der Waals surface area contributed by atoms with Crippen molar-refractivity contribution in [1.82, 2.24) is 9.78 Å². The van der Waals surface area contributed by atoms with Gasteiger partial charge < -0.3 is 14.8 Å². The third-order valence-corrected chi connectivity index (χ3v) is 4.52. The molecule has 29 heavy (non-hydrogen) atoms. The number of rotatable bonds is 8. The molecule has 0 saturated carbocycles. The molecule has 3 aromatic rings. The van der Waals surface area contributed by atoms with E-state index in [2.05, 4.69) is 10.4 Å². The van der Waals surface area contributed by atoms with Crippen molar-refractivity contribution in [1.29, 1.82) is 0 Å². The Morgan fingerprint density at radius 2 is 1.86 bits per heavy atom. The molecule has 0 spiro atoms. The van der Waals surface area contributed by atoms with Crippen LogP contribution in [0.15, 0.2) is 52.1 Å². The molecule has 8 nitrogen and oxygen atoms in total. The molecule has 0 unspecified atom stereocenters. The molecule has 0 aliphatic heterocycles. The van der Waals surface area contributed by atoms with Crippen molar-refractivity contribution >= 4 is 34.0 Å². The van der Waals surface area contributed by atoms with E-state index >= 15 is 0 Å². The Morgan fingerprint density at radius 1 is 1.10 bits per heavy atom. The lowest BCUT2D eigenvalue weighted by Crippen LogP contribution is -2.31. The highest BCUT2D eigenvalue weighted by atomic mass is 35.5. The number of para-hydroxylation sites is 1. The van der Waals surface area contributed by atoms with Crippen molar-refractivity contribution in [3.05, 3.63) is 68.2 Å². The standard InChI is InChI=1S/C20H20ClN3O5/c1-28-11-12-29-18-15(21)7-4-8-16(18)22-17(25)9-10-24-20(27)14-6-3-2-5-13(14)19(26)23-24/h2-8H,9-12H2,1H3,(H,22,25)(H,23,26). The first-order valence-corrected chi connectivity index (χ1v) is 9.31. The van der Waals surface area contributed by atoms with Gasteiger partial charge in [-0.3, -0.25) is 19.5 Å². The predicted molar refractivity (Wildman–Crippen MR) is 111 cm³/mol. The van der Waals surface area contributed by atoms with Gasteiger partial charge in [0.15, 0.2) is 5.75 Å². The number of anilines is 1. The second-order valence-corrected chi connectivity index (χ2v) is 6.61. The Morgan fingerprint density at radius 3 is 2.62 bits per heavy atom. The molecule has 0 radical (unpaired) electrons. The van der Waals surface area contributed by atoms with E-state index in [1.807, 2.05) is 0 Å². The highest BCUT2D eigenvalue weighted by Crippen LogP contribution is 2.33. The predicted octanol–water partition coefficient (Wildman–Crippen LogP) is 2.40. The number of carbonyl (C=O) groups excluding carboxylic acids is 1. The largest absolute Gasteiger partial charge is 0.487 e. The van der Waals surface area contributed by atoms with Crippen LogP contribution in [-0.2, 0) is 16.1 Å². The number of amides is 1. The van der Waals surface area contributed by atoms with Gasteiger partial charge in [0.25, 0.3) is 11.1 Å². The smallest absolute Gasteiger partial charge is 0.273 e. The summed E-state index contributed by atoms with van der Waals surface area (Å²) in [6, 6.07) is 11.5. The number of aromatic nitrogens is 2. The van der Waals surface area contributed by atoms with Crippen molar-refractivity contribution in [2.24, 2.45) is 0 Å². The summed E-state index contributed by atoms with van der Waals surface area (Å²) in [5.74, 6) is -0.0133. The van der Waals surface area contributed by atoms with Gasteiger partial charge in [-0.15, -0.1) is 0 Å². The third kappa shape index (κ3) is 4.85. The first-order valence-electron chi connectivity index (χ1n) is 8.93. The molecule has 0 atom stereocenters. The molecule has 0 bridgehead atoms. The number of aromatic amines is 1. The van der Waals surface area contributed by atoms with Crippen molar-refractivity contribution in [3.63, 3.8) is 0 Å². The third-order valence-electron chi connectivity index (χ3n) is 4.22. The van der Waals surface area contributed by atoms with Gasteiger partial charge in [-0.2, -0.15) is 0 Å². The first kappa shape index (κ1) is 20.6. The summed E-state index contributed by atoms with van der Waals surface area (Å²) >= 11 is 6.16. The molecule has 9 heteroatoms.